The molecule has 0 spiro atoms. The van der Waals surface area contributed by atoms with Crippen molar-refractivity contribution in [1.82, 2.24) is 0 Å². The number of aliphatic imine (C=N–C) groups is 2. The summed E-state index contributed by atoms with van der Waals surface area (Å²) in [4.78, 5) is 7.83. The molecule has 2 nitrogen and oxygen atoms in total. The van der Waals surface area contributed by atoms with Crippen LogP contribution < -0.4 is 0 Å². The molecule has 0 radical (unpaired) electrons. The second-order valence-corrected chi connectivity index (χ2v) is 3.06. The normalized spacial score (nSPS) is 27.4. The van der Waals surface area contributed by atoms with Crippen molar-refractivity contribution in [3.05, 3.63) is 0 Å². The molecular weight excluding hydrogens is 119 g/mol. The zero-order valence-corrected chi connectivity index (χ0v) is 5.89. The van der Waals surface area contributed by atoms with Crippen molar-refractivity contribution < 1.29 is 0 Å². The Hall–Kier alpha value is -0.230. The van der Waals surface area contributed by atoms with Crippen molar-refractivity contribution in [1.29, 1.82) is 0 Å². The molecule has 1 heterocycles. The van der Waals surface area contributed by atoms with Gasteiger partial charge in [-0.1, -0.05) is 8.58 Å². The second kappa shape index (κ2) is 2.93. The molecule has 0 aromatic heterocycles. The Morgan fingerprint density at radius 2 is 2.50 bits per heavy atom. The fourth-order valence-electron chi connectivity index (χ4n) is 0.474. The Balaban J connectivity index is 2.31. The van der Waals surface area contributed by atoms with E-state index in [9.17, 15) is 0 Å². The summed E-state index contributed by atoms with van der Waals surface area (Å²) in [5.74, 6) is 0. The van der Waals surface area contributed by atoms with Gasteiger partial charge in [-0.2, -0.15) is 0 Å². The molecule has 1 rings (SSSR count). The summed E-state index contributed by atoms with van der Waals surface area (Å²) >= 11 is 0. The highest BCUT2D eigenvalue weighted by atomic mass is 31.1. The van der Waals surface area contributed by atoms with Crippen LogP contribution >= 0.6 is 8.58 Å². The van der Waals surface area contributed by atoms with Crippen LogP contribution in [-0.2, 0) is 0 Å². The van der Waals surface area contributed by atoms with E-state index in [0.717, 1.165) is 8.58 Å². The van der Waals surface area contributed by atoms with Crippen molar-refractivity contribution in [2.24, 2.45) is 9.98 Å². The molecule has 0 amide bonds. The van der Waals surface area contributed by atoms with Gasteiger partial charge in [0.1, 0.15) is 6.34 Å². The average molecular weight is 128 g/mol. The number of hydrogen-bond donors (Lipinski definition) is 0. The van der Waals surface area contributed by atoms with Gasteiger partial charge in [-0.15, -0.1) is 0 Å². The molecule has 0 bridgehead atoms. The van der Waals surface area contributed by atoms with Gasteiger partial charge in [-0.3, -0.25) is 4.99 Å². The van der Waals surface area contributed by atoms with Crippen LogP contribution in [0.15, 0.2) is 9.98 Å². The van der Waals surface area contributed by atoms with E-state index in [0.29, 0.717) is 0 Å². The van der Waals surface area contributed by atoms with Crippen molar-refractivity contribution in [2.75, 3.05) is 13.2 Å². The molecule has 1 aliphatic rings. The lowest BCUT2D eigenvalue weighted by atomic mass is 10.5. The van der Waals surface area contributed by atoms with E-state index in [1.54, 1.807) is 13.4 Å². The average Bonchev–Trinajstić information content (AvgIpc) is 1.63. The molecule has 1 unspecified atom stereocenters. The first kappa shape index (κ1) is 5.90. The van der Waals surface area contributed by atoms with Crippen molar-refractivity contribution in [3.8, 4) is 0 Å². The number of hydrogen-bond acceptors (Lipinski definition) is 1. The van der Waals surface area contributed by atoms with Crippen LogP contribution in [0, 0.1) is 0 Å². The summed E-state index contributed by atoms with van der Waals surface area (Å²) in [6, 6.07) is 0. The quantitative estimate of drug-likeness (QED) is 0.287. The van der Waals surface area contributed by atoms with E-state index < -0.39 is 0 Å². The van der Waals surface area contributed by atoms with Crippen LogP contribution in [0.1, 0.15) is 6.42 Å². The highest BCUT2D eigenvalue weighted by Crippen LogP contribution is 2.27. The third-order valence-corrected chi connectivity index (χ3v) is 2.31. The minimum Gasteiger partial charge on any atom is -0.277 e. The predicted molar refractivity (Wildman–Crippen MR) is 39.7 cm³/mol. The van der Waals surface area contributed by atoms with E-state index in [1.807, 2.05) is 0 Å². The molecular formula is C5H9N2P. The maximum Gasteiger partial charge on any atom is 0.109 e. The first-order valence-electron chi connectivity index (χ1n) is 2.64. The fourth-order valence-corrected chi connectivity index (χ4v) is 1.10. The lowest BCUT2D eigenvalue weighted by Crippen LogP contribution is -2.03. The van der Waals surface area contributed by atoms with E-state index in [4.69, 9.17) is 0 Å². The SMILES string of the molecule is CN=CN=C1CCP1. The first-order valence-corrected chi connectivity index (χ1v) is 3.85. The van der Waals surface area contributed by atoms with Crippen LogP contribution in [0.25, 0.3) is 0 Å². The van der Waals surface area contributed by atoms with Gasteiger partial charge in [0.15, 0.2) is 0 Å². The summed E-state index contributed by atoms with van der Waals surface area (Å²) in [5, 5.41) is 0. The molecule has 0 aliphatic carbocycles. The van der Waals surface area contributed by atoms with E-state index in [2.05, 4.69) is 9.98 Å². The lowest BCUT2D eigenvalue weighted by Gasteiger charge is -2.12. The van der Waals surface area contributed by atoms with Crippen LogP contribution in [-0.4, -0.2) is 25.0 Å². The molecule has 44 valence electrons. The Morgan fingerprint density at radius 3 is 2.88 bits per heavy atom. The first-order chi connectivity index (χ1) is 3.93. The predicted octanol–water partition coefficient (Wildman–Crippen LogP) is 1.13. The maximum atomic E-state index is 4.09. The van der Waals surface area contributed by atoms with Crippen molar-refractivity contribution in [3.63, 3.8) is 0 Å². The second-order valence-electron chi connectivity index (χ2n) is 1.63. The number of rotatable bonds is 1. The largest absolute Gasteiger partial charge is 0.277 e. The van der Waals surface area contributed by atoms with Crippen molar-refractivity contribution in [2.45, 2.75) is 6.42 Å². The molecule has 1 fully saturated rings. The van der Waals surface area contributed by atoms with Crippen LogP contribution in [0.2, 0.25) is 0 Å². The Kier molecular flexibility index (Phi) is 2.16. The van der Waals surface area contributed by atoms with Gasteiger partial charge < -0.3 is 0 Å². The zero-order valence-electron chi connectivity index (χ0n) is 4.89. The van der Waals surface area contributed by atoms with Gasteiger partial charge >= 0.3 is 0 Å². The number of nitrogens with zero attached hydrogens (tertiary/aromatic N) is 2. The molecule has 3 heteroatoms. The topological polar surface area (TPSA) is 24.7 Å². The van der Waals surface area contributed by atoms with Crippen LogP contribution in [0.3, 0.4) is 0 Å². The third kappa shape index (κ3) is 1.38. The Labute approximate surface area is 50.9 Å². The van der Waals surface area contributed by atoms with Gasteiger partial charge in [0.05, 0.1) is 0 Å². The Bertz CT molecular complexity index is 122. The molecule has 0 aromatic rings. The van der Waals surface area contributed by atoms with Gasteiger partial charge in [-0.05, 0) is 12.6 Å². The molecule has 1 saturated heterocycles. The highest BCUT2D eigenvalue weighted by Gasteiger charge is 2.07. The zero-order chi connectivity index (χ0) is 5.82. The molecule has 8 heavy (non-hydrogen) atoms. The van der Waals surface area contributed by atoms with Gasteiger partial charge in [-0.25, -0.2) is 4.99 Å². The van der Waals surface area contributed by atoms with E-state index >= 15 is 0 Å². The van der Waals surface area contributed by atoms with Gasteiger partial charge in [0.2, 0.25) is 0 Å². The summed E-state index contributed by atoms with van der Waals surface area (Å²) in [6.45, 7) is 0. The highest BCUT2D eigenvalue weighted by molar-refractivity contribution is 7.61. The minimum absolute atomic E-state index is 0.981. The van der Waals surface area contributed by atoms with E-state index in [1.165, 1.54) is 18.0 Å². The molecule has 0 N–H and O–H groups in total. The fraction of sp³-hybridized carbons (Fsp3) is 0.600. The minimum atomic E-state index is 0.981. The molecule has 1 aliphatic heterocycles. The molecule has 0 saturated carbocycles. The van der Waals surface area contributed by atoms with Gasteiger partial charge in [0.25, 0.3) is 0 Å². The summed E-state index contributed by atoms with van der Waals surface area (Å²) < 4.78 is 0. The smallest absolute Gasteiger partial charge is 0.109 e. The van der Waals surface area contributed by atoms with Crippen LogP contribution in [0.4, 0.5) is 0 Å². The molecule has 1 atom stereocenters. The third-order valence-electron chi connectivity index (χ3n) is 1.02. The lowest BCUT2D eigenvalue weighted by molar-refractivity contribution is 1.28. The van der Waals surface area contributed by atoms with Crippen molar-refractivity contribution >= 4 is 20.4 Å². The summed E-state index contributed by atoms with van der Waals surface area (Å²) in [6.07, 6.45) is 4.17. The molecule has 0 aromatic carbocycles. The van der Waals surface area contributed by atoms with E-state index in [-0.39, 0.29) is 0 Å². The van der Waals surface area contributed by atoms with Gasteiger partial charge in [0, 0.05) is 12.5 Å². The summed E-state index contributed by atoms with van der Waals surface area (Å²) in [7, 11) is 2.72. The maximum absolute atomic E-state index is 4.09. The summed E-state index contributed by atoms with van der Waals surface area (Å²) in [5.41, 5.74) is 1.33. The Morgan fingerprint density at radius 1 is 1.75 bits per heavy atom. The standard InChI is InChI=1S/C5H9N2P/c1-6-4-7-5-2-3-8-5/h4,8H,2-3H2,1H3. The van der Waals surface area contributed by atoms with Crippen LogP contribution in [0.5, 0.6) is 0 Å². The monoisotopic (exact) mass is 128 g/mol.